The fraction of sp³-hybridized carbons (Fsp3) is 0.333. The molecule has 126 valence electrons. The number of halogens is 3. The minimum absolute atomic E-state index is 0.150. The number of aryl methyl sites for hydroxylation is 1. The van der Waals surface area contributed by atoms with Gasteiger partial charge in [0.2, 0.25) is 0 Å². The third-order valence-corrected chi connectivity index (χ3v) is 3.41. The molecule has 0 aliphatic heterocycles. The quantitative estimate of drug-likeness (QED) is 0.933. The van der Waals surface area contributed by atoms with Gasteiger partial charge in [-0.3, -0.25) is 9.48 Å². The van der Waals surface area contributed by atoms with Gasteiger partial charge in [-0.1, -0.05) is 0 Å². The Morgan fingerprint density at radius 1 is 1.38 bits per heavy atom. The van der Waals surface area contributed by atoms with Crippen LogP contribution in [0.5, 0.6) is 0 Å². The summed E-state index contributed by atoms with van der Waals surface area (Å²) in [6, 6.07) is 3.78. The van der Waals surface area contributed by atoms with Gasteiger partial charge in [-0.15, -0.1) is 0 Å². The number of hydrogen-bond donors (Lipinski definition) is 1. The molecular formula is C15H14F3N5O. The van der Waals surface area contributed by atoms with Gasteiger partial charge >= 0.3 is 6.18 Å². The van der Waals surface area contributed by atoms with Crippen LogP contribution in [0.15, 0.2) is 24.5 Å². The van der Waals surface area contributed by atoms with Crippen LogP contribution in [0.4, 0.5) is 18.9 Å². The van der Waals surface area contributed by atoms with Gasteiger partial charge in [0, 0.05) is 6.20 Å². The largest absolute Gasteiger partial charge is 0.419 e. The minimum Gasteiger partial charge on any atom is -0.323 e. The molecule has 0 spiro atoms. The van der Waals surface area contributed by atoms with E-state index in [-0.39, 0.29) is 5.69 Å². The van der Waals surface area contributed by atoms with Gasteiger partial charge in [-0.2, -0.15) is 23.5 Å². The first-order valence-corrected chi connectivity index (χ1v) is 6.87. The number of amides is 1. The summed E-state index contributed by atoms with van der Waals surface area (Å²) in [5, 5.41) is 15.3. The van der Waals surface area contributed by atoms with Crippen molar-refractivity contribution in [2.24, 2.45) is 0 Å². The molecule has 0 radical (unpaired) electrons. The van der Waals surface area contributed by atoms with Crippen LogP contribution in [0.25, 0.3) is 0 Å². The lowest BCUT2D eigenvalue weighted by Crippen LogP contribution is -2.40. The van der Waals surface area contributed by atoms with Gasteiger partial charge in [0.1, 0.15) is 11.6 Å². The number of carbonyl (C=O) groups is 1. The molecule has 1 amide bonds. The normalized spacial score (nSPS) is 11.9. The highest BCUT2D eigenvalue weighted by molar-refractivity contribution is 5.96. The molecule has 2 heterocycles. The van der Waals surface area contributed by atoms with E-state index >= 15 is 0 Å². The number of rotatable bonds is 3. The van der Waals surface area contributed by atoms with Crippen molar-refractivity contribution in [3.05, 3.63) is 41.5 Å². The number of aromatic nitrogens is 3. The first-order chi connectivity index (χ1) is 11.1. The van der Waals surface area contributed by atoms with Crippen molar-refractivity contribution < 1.29 is 18.0 Å². The Hall–Kier alpha value is -2.89. The standard InChI is InChI=1S/C15H14F3N5O/c1-9-4-5-23(22-9)14(2,3)13(24)21-10-6-11(15(16,17)18)12(7-19)20-8-10/h4-6,8H,1-3H3,(H,21,24). The van der Waals surface area contributed by atoms with E-state index < -0.39 is 28.9 Å². The van der Waals surface area contributed by atoms with Crippen LogP contribution >= 0.6 is 0 Å². The number of hydrogen-bond acceptors (Lipinski definition) is 4. The molecule has 24 heavy (non-hydrogen) atoms. The molecule has 0 fully saturated rings. The summed E-state index contributed by atoms with van der Waals surface area (Å²) in [5.74, 6) is -0.565. The average Bonchev–Trinajstić information content (AvgIpc) is 2.93. The first-order valence-electron chi connectivity index (χ1n) is 6.87. The van der Waals surface area contributed by atoms with Crippen molar-refractivity contribution in [2.75, 3.05) is 5.32 Å². The fourth-order valence-electron chi connectivity index (χ4n) is 1.95. The monoisotopic (exact) mass is 337 g/mol. The zero-order valence-electron chi connectivity index (χ0n) is 13.1. The lowest BCUT2D eigenvalue weighted by molar-refractivity contribution is -0.138. The van der Waals surface area contributed by atoms with Gasteiger partial charge < -0.3 is 5.32 Å². The maximum absolute atomic E-state index is 12.9. The van der Waals surface area contributed by atoms with Crippen LogP contribution in [-0.4, -0.2) is 20.7 Å². The van der Waals surface area contributed by atoms with E-state index in [1.165, 1.54) is 10.8 Å². The van der Waals surface area contributed by atoms with Crippen LogP contribution in [0, 0.1) is 18.3 Å². The summed E-state index contributed by atoms with van der Waals surface area (Å²) in [4.78, 5) is 15.9. The second kappa shape index (κ2) is 5.96. The second-order valence-corrected chi connectivity index (χ2v) is 5.64. The van der Waals surface area contributed by atoms with E-state index in [0.717, 1.165) is 6.20 Å². The highest BCUT2D eigenvalue weighted by atomic mass is 19.4. The van der Waals surface area contributed by atoms with Crippen molar-refractivity contribution in [1.29, 1.82) is 5.26 Å². The molecule has 6 nitrogen and oxygen atoms in total. The van der Waals surface area contributed by atoms with E-state index in [9.17, 15) is 18.0 Å². The van der Waals surface area contributed by atoms with Crippen molar-refractivity contribution in [3.63, 3.8) is 0 Å². The number of nitrogens with zero attached hydrogens (tertiary/aromatic N) is 4. The molecule has 0 saturated carbocycles. The summed E-state index contributed by atoms with van der Waals surface area (Å²) < 4.78 is 40.2. The number of carbonyl (C=O) groups excluding carboxylic acids is 1. The van der Waals surface area contributed by atoms with Gasteiger partial charge in [-0.05, 0) is 32.9 Å². The summed E-state index contributed by atoms with van der Waals surface area (Å²) in [6.07, 6.45) is -2.13. The molecule has 0 aliphatic carbocycles. The van der Waals surface area contributed by atoms with Crippen LogP contribution in [0.2, 0.25) is 0 Å². The Balaban J connectivity index is 2.31. The van der Waals surface area contributed by atoms with Crippen molar-refractivity contribution in [2.45, 2.75) is 32.5 Å². The molecule has 0 aliphatic rings. The number of nitriles is 1. The van der Waals surface area contributed by atoms with E-state index in [1.807, 2.05) is 0 Å². The number of alkyl halides is 3. The van der Waals surface area contributed by atoms with E-state index in [4.69, 9.17) is 5.26 Å². The molecule has 0 bridgehead atoms. The SMILES string of the molecule is Cc1ccn(C(C)(C)C(=O)Nc2cnc(C#N)c(C(F)(F)F)c2)n1. The summed E-state index contributed by atoms with van der Waals surface area (Å²) in [7, 11) is 0. The molecule has 2 aromatic rings. The number of nitrogens with one attached hydrogen (secondary N) is 1. The van der Waals surface area contributed by atoms with Crippen molar-refractivity contribution in [3.8, 4) is 6.07 Å². The molecular weight excluding hydrogens is 323 g/mol. The first kappa shape index (κ1) is 17.5. The Bertz CT molecular complexity index is 817. The second-order valence-electron chi connectivity index (χ2n) is 5.64. The van der Waals surface area contributed by atoms with Crippen LogP contribution in [0.3, 0.4) is 0 Å². The summed E-state index contributed by atoms with van der Waals surface area (Å²) in [5.41, 5.74) is -2.52. The molecule has 0 unspecified atom stereocenters. The predicted molar refractivity (Wildman–Crippen MR) is 78.9 cm³/mol. The molecule has 9 heteroatoms. The lowest BCUT2D eigenvalue weighted by Gasteiger charge is -2.24. The smallest absolute Gasteiger partial charge is 0.323 e. The molecule has 2 aromatic heterocycles. The van der Waals surface area contributed by atoms with Crippen molar-refractivity contribution >= 4 is 11.6 Å². The zero-order valence-corrected chi connectivity index (χ0v) is 13.1. The third-order valence-electron chi connectivity index (χ3n) is 3.41. The molecule has 1 N–H and O–H groups in total. The highest BCUT2D eigenvalue weighted by Gasteiger charge is 2.36. The Kier molecular flexibility index (Phi) is 4.34. The third kappa shape index (κ3) is 3.37. The van der Waals surface area contributed by atoms with E-state index in [0.29, 0.717) is 11.8 Å². The van der Waals surface area contributed by atoms with E-state index in [1.54, 1.807) is 33.0 Å². The van der Waals surface area contributed by atoms with Gasteiger partial charge in [0.15, 0.2) is 5.69 Å². The Morgan fingerprint density at radius 3 is 2.54 bits per heavy atom. The van der Waals surface area contributed by atoms with Gasteiger partial charge in [0.05, 0.1) is 23.1 Å². The molecule has 0 atom stereocenters. The van der Waals surface area contributed by atoms with Crippen molar-refractivity contribution in [1.82, 2.24) is 14.8 Å². The minimum atomic E-state index is -4.74. The molecule has 0 aromatic carbocycles. The zero-order chi connectivity index (χ0) is 18.1. The highest BCUT2D eigenvalue weighted by Crippen LogP contribution is 2.32. The summed E-state index contributed by atoms with van der Waals surface area (Å²) >= 11 is 0. The van der Waals surface area contributed by atoms with Gasteiger partial charge in [0.25, 0.3) is 5.91 Å². The van der Waals surface area contributed by atoms with E-state index in [2.05, 4.69) is 15.4 Å². The van der Waals surface area contributed by atoms with Crippen LogP contribution in [0.1, 0.15) is 30.8 Å². The average molecular weight is 337 g/mol. The van der Waals surface area contributed by atoms with Crippen LogP contribution < -0.4 is 5.32 Å². The Labute approximate surface area is 135 Å². The Morgan fingerprint density at radius 2 is 2.04 bits per heavy atom. The lowest BCUT2D eigenvalue weighted by atomic mass is 10.0. The molecule has 0 saturated heterocycles. The summed E-state index contributed by atoms with van der Waals surface area (Å²) in [6.45, 7) is 4.91. The molecule has 2 rings (SSSR count). The maximum Gasteiger partial charge on any atom is 0.419 e. The number of anilines is 1. The van der Waals surface area contributed by atoms with Gasteiger partial charge in [-0.25, -0.2) is 4.98 Å². The topological polar surface area (TPSA) is 83.6 Å². The van der Waals surface area contributed by atoms with Crippen LogP contribution in [-0.2, 0) is 16.5 Å². The predicted octanol–water partition coefficient (Wildman–Crippen LogP) is 2.85. The maximum atomic E-state index is 12.9. The fourth-order valence-corrected chi connectivity index (χ4v) is 1.95. The number of pyridine rings is 1.